The van der Waals surface area contributed by atoms with Gasteiger partial charge in [0.25, 0.3) is 0 Å². The largest absolute Gasteiger partial charge is 0.496 e. The molecular weight excluding hydrogens is 426 g/mol. The lowest BCUT2D eigenvalue weighted by Crippen LogP contribution is -2.08. The van der Waals surface area contributed by atoms with Gasteiger partial charge < -0.3 is 19.9 Å². The van der Waals surface area contributed by atoms with Gasteiger partial charge in [0.1, 0.15) is 23.6 Å². The zero-order valence-electron chi connectivity index (χ0n) is 17.8. The molecule has 0 saturated carbocycles. The Bertz CT molecular complexity index is 1260. The van der Waals surface area contributed by atoms with E-state index in [1.165, 1.54) is 17.1 Å². The minimum Gasteiger partial charge on any atom is -0.496 e. The van der Waals surface area contributed by atoms with E-state index in [0.29, 0.717) is 35.3 Å². The second-order valence-corrected chi connectivity index (χ2v) is 8.03. The average Bonchev–Trinajstić information content (AvgIpc) is 3.24. The third-order valence-electron chi connectivity index (χ3n) is 5.01. The monoisotopic (exact) mass is 449 g/mol. The van der Waals surface area contributed by atoms with Crippen molar-refractivity contribution in [1.82, 2.24) is 9.97 Å². The summed E-state index contributed by atoms with van der Waals surface area (Å²) in [6.07, 6.45) is 2.22. The van der Waals surface area contributed by atoms with Crippen molar-refractivity contribution in [3.63, 3.8) is 0 Å². The molecular formula is C24H23N3O4S. The summed E-state index contributed by atoms with van der Waals surface area (Å²) in [7, 11) is 1.68. The van der Waals surface area contributed by atoms with E-state index in [1.54, 1.807) is 13.2 Å². The molecule has 0 aliphatic rings. The Hall–Kier alpha value is -3.65. The van der Waals surface area contributed by atoms with Crippen molar-refractivity contribution in [3.05, 3.63) is 65.3 Å². The summed E-state index contributed by atoms with van der Waals surface area (Å²) in [5, 5.41) is 15.1. The van der Waals surface area contributed by atoms with Crippen molar-refractivity contribution in [2.24, 2.45) is 0 Å². The number of methoxy groups -OCH3 is 1. The highest BCUT2D eigenvalue weighted by Gasteiger charge is 2.18. The smallest absolute Gasteiger partial charge is 0.349 e. The Morgan fingerprint density at radius 1 is 1.12 bits per heavy atom. The van der Waals surface area contributed by atoms with Crippen LogP contribution in [0.15, 0.2) is 54.9 Å². The molecule has 0 atom stereocenters. The lowest BCUT2D eigenvalue weighted by molar-refractivity contribution is 0.0698. The van der Waals surface area contributed by atoms with Crippen LogP contribution >= 0.6 is 11.3 Å². The van der Waals surface area contributed by atoms with E-state index >= 15 is 0 Å². The van der Waals surface area contributed by atoms with E-state index in [4.69, 9.17) is 9.47 Å². The number of hydrogen-bond donors (Lipinski definition) is 2. The van der Waals surface area contributed by atoms with Crippen molar-refractivity contribution in [2.75, 3.05) is 25.6 Å². The minimum absolute atomic E-state index is 0.165. The Morgan fingerprint density at radius 3 is 2.75 bits per heavy atom. The molecule has 0 fully saturated rings. The van der Waals surface area contributed by atoms with Gasteiger partial charge in [0.2, 0.25) is 0 Å². The highest BCUT2D eigenvalue weighted by molar-refractivity contribution is 7.17. The standard InChI is InChI=1S/C24H23N3O4S/c1-3-31-20-13-21(32-23(20)24(28)29)18-12-22(27-14-26-18)25-11-10-17-16-7-5-4-6-15(16)8-9-19(17)30-2/h4-9,12-14H,3,10-11H2,1-2H3,(H,28,29)(H,25,26,27). The van der Waals surface area contributed by atoms with Crippen LogP contribution in [0.4, 0.5) is 5.82 Å². The highest BCUT2D eigenvalue weighted by Crippen LogP contribution is 2.36. The van der Waals surface area contributed by atoms with E-state index in [0.717, 1.165) is 29.1 Å². The van der Waals surface area contributed by atoms with Crippen LogP contribution in [0.25, 0.3) is 21.3 Å². The average molecular weight is 450 g/mol. The molecule has 8 heteroatoms. The summed E-state index contributed by atoms with van der Waals surface area (Å²) in [6, 6.07) is 15.8. The van der Waals surface area contributed by atoms with Crippen molar-refractivity contribution in [3.8, 4) is 22.1 Å². The highest BCUT2D eigenvalue weighted by atomic mass is 32.1. The maximum Gasteiger partial charge on any atom is 0.349 e. The first kappa shape index (κ1) is 21.6. The number of aromatic nitrogens is 2. The van der Waals surface area contributed by atoms with Crippen molar-refractivity contribution in [1.29, 1.82) is 0 Å². The number of hydrogen-bond acceptors (Lipinski definition) is 7. The summed E-state index contributed by atoms with van der Waals surface area (Å²) in [6.45, 7) is 2.86. The molecule has 0 unspecified atom stereocenters. The van der Waals surface area contributed by atoms with E-state index in [9.17, 15) is 9.90 Å². The number of anilines is 1. The van der Waals surface area contributed by atoms with Crippen molar-refractivity contribution < 1.29 is 19.4 Å². The fourth-order valence-electron chi connectivity index (χ4n) is 3.58. The number of carbonyl (C=O) groups is 1. The quantitative estimate of drug-likeness (QED) is 0.366. The molecule has 0 amide bonds. The molecule has 0 aliphatic carbocycles. The Morgan fingerprint density at radius 2 is 1.97 bits per heavy atom. The van der Waals surface area contributed by atoms with Gasteiger partial charge in [-0.3, -0.25) is 0 Å². The maximum atomic E-state index is 11.5. The molecule has 2 aromatic heterocycles. The predicted molar refractivity (Wildman–Crippen MR) is 126 cm³/mol. The van der Waals surface area contributed by atoms with Gasteiger partial charge in [0.15, 0.2) is 4.88 Å². The van der Waals surface area contributed by atoms with Crippen LogP contribution in [0, 0.1) is 0 Å². The molecule has 0 bridgehead atoms. The van der Waals surface area contributed by atoms with Crippen LogP contribution in [-0.2, 0) is 6.42 Å². The zero-order valence-corrected chi connectivity index (χ0v) is 18.6. The molecule has 0 spiro atoms. The van der Waals surface area contributed by atoms with Crippen molar-refractivity contribution in [2.45, 2.75) is 13.3 Å². The Balaban J connectivity index is 1.52. The van der Waals surface area contributed by atoms with Gasteiger partial charge in [0.05, 0.1) is 24.3 Å². The SMILES string of the molecule is CCOc1cc(-c2cc(NCCc3c(OC)ccc4ccccc34)ncn2)sc1C(=O)O. The summed E-state index contributed by atoms with van der Waals surface area (Å²) in [4.78, 5) is 21.0. The molecule has 4 rings (SSSR count). The van der Waals surface area contributed by atoms with Gasteiger partial charge in [-0.15, -0.1) is 11.3 Å². The first-order chi connectivity index (χ1) is 15.6. The molecule has 32 heavy (non-hydrogen) atoms. The molecule has 7 nitrogen and oxygen atoms in total. The van der Waals surface area contributed by atoms with Crippen LogP contribution in [0.5, 0.6) is 11.5 Å². The van der Waals surface area contributed by atoms with E-state index in [2.05, 4.69) is 33.5 Å². The van der Waals surface area contributed by atoms with Crippen LogP contribution in [0.3, 0.4) is 0 Å². The normalized spacial score (nSPS) is 10.8. The summed E-state index contributed by atoms with van der Waals surface area (Å²) < 4.78 is 11.0. The van der Waals surface area contributed by atoms with Crippen molar-refractivity contribution >= 4 is 33.9 Å². The fraction of sp³-hybridized carbons (Fsp3) is 0.208. The molecule has 4 aromatic rings. The first-order valence-electron chi connectivity index (χ1n) is 10.2. The molecule has 2 heterocycles. The number of carboxylic acids is 1. The first-order valence-corrected chi connectivity index (χ1v) is 11.0. The zero-order chi connectivity index (χ0) is 22.5. The van der Waals surface area contributed by atoms with Crippen LogP contribution in [0.1, 0.15) is 22.2 Å². The van der Waals surface area contributed by atoms with Gasteiger partial charge >= 0.3 is 5.97 Å². The number of aromatic carboxylic acids is 1. The van der Waals surface area contributed by atoms with Gasteiger partial charge in [-0.2, -0.15) is 0 Å². The van der Waals surface area contributed by atoms with Crippen LogP contribution < -0.4 is 14.8 Å². The Labute approximate surface area is 189 Å². The van der Waals surface area contributed by atoms with Gasteiger partial charge in [-0.25, -0.2) is 14.8 Å². The third-order valence-corrected chi connectivity index (χ3v) is 6.14. The van der Waals surface area contributed by atoms with Crippen LogP contribution in [-0.4, -0.2) is 41.3 Å². The van der Waals surface area contributed by atoms with E-state index in [1.807, 2.05) is 31.2 Å². The molecule has 2 N–H and O–H groups in total. The number of carboxylic acid groups (broad SMARTS) is 1. The number of nitrogens with one attached hydrogen (secondary N) is 1. The molecule has 2 aromatic carbocycles. The molecule has 0 radical (unpaired) electrons. The summed E-state index contributed by atoms with van der Waals surface area (Å²) in [5.74, 6) is 0.867. The lowest BCUT2D eigenvalue weighted by Gasteiger charge is -2.13. The van der Waals surface area contributed by atoms with E-state index < -0.39 is 5.97 Å². The van der Waals surface area contributed by atoms with Gasteiger partial charge in [-0.05, 0) is 30.2 Å². The predicted octanol–water partition coefficient (Wildman–Crippen LogP) is 5.12. The second kappa shape index (κ2) is 9.65. The number of ether oxygens (including phenoxy) is 2. The lowest BCUT2D eigenvalue weighted by atomic mass is 10.0. The topological polar surface area (TPSA) is 93.6 Å². The molecule has 0 aliphatic heterocycles. The fourth-order valence-corrected chi connectivity index (χ4v) is 4.49. The number of fused-ring (bicyclic) bond motifs is 1. The number of nitrogens with zero attached hydrogens (tertiary/aromatic N) is 2. The minimum atomic E-state index is -1.01. The molecule has 0 saturated heterocycles. The van der Waals surface area contributed by atoms with Gasteiger partial charge in [0, 0.05) is 24.2 Å². The number of thiophene rings is 1. The summed E-state index contributed by atoms with van der Waals surface area (Å²) >= 11 is 1.14. The summed E-state index contributed by atoms with van der Waals surface area (Å²) in [5.41, 5.74) is 1.78. The van der Waals surface area contributed by atoms with Crippen LogP contribution in [0.2, 0.25) is 0 Å². The number of rotatable bonds is 9. The number of benzene rings is 2. The molecule has 164 valence electrons. The maximum absolute atomic E-state index is 11.5. The Kier molecular flexibility index (Phi) is 6.51. The van der Waals surface area contributed by atoms with Gasteiger partial charge in [-0.1, -0.05) is 30.3 Å². The third kappa shape index (κ3) is 4.50. The second-order valence-electron chi connectivity index (χ2n) is 6.97. The van der Waals surface area contributed by atoms with E-state index in [-0.39, 0.29) is 4.88 Å².